The van der Waals surface area contributed by atoms with E-state index in [0.717, 1.165) is 11.3 Å². The van der Waals surface area contributed by atoms with Crippen LogP contribution in [0, 0.1) is 4.77 Å². The van der Waals surface area contributed by atoms with Crippen LogP contribution in [-0.2, 0) is 6.61 Å². The zero-order valence-electron chi connectivity index (χ0n) is 12.1. The lowest BCUT2D eigenvalue weighted by atomic mass is 10.2. The van der Waals surface area contributed by atoms with Crippen molar-refractivity contribution in [2.75, 3.05) is 0 Å². The van der Waals surface area contributed by atoms with Crippen LogP contribution in [0.5, 0.6) is 11.5 Å². The molecule has 0 unspecified atom stereocenters. The molecule has 6 nitrogen and oxygen atoms in total. The number of H-pyrrole nitrogens is 1. The summed E-state index contributed by atoms with van der Waals surface area (Å²) in [6, 6.07) is 16.1. The number of nitrogens with zero attached hydrogens (tertiary/aromatic N) is 3. The van der Waals surface area contributed by atoms with Gasteiger partial charge in [0.05, 0.1) is 6.21 Å². The first-order valence-corrected chi connectivity index (χ1v) is 7.31. The van der Waals surface area contributed by atoms with E-state index in [1.165, 1.54) is 4.68 Å². The number of aromatic amines is 1. The third-order valence-electron chi connectivity index (χ3n) is 3.04. The Labute approximate surface area is 137 Å². The molecule has 3 aromatic rings. The van der Waals surface area contributed by atoms with Gasteiger partial charge in [-0.1, -0.05) is 18.2 Å². The highest BCUT2D eigenvalue weighted by atomic mass is 32.1. The second-order valence-electron chi connectivity index (χ2n) is 4.69. The summed E-state index contributed by atoms with van der Waals surface area (Å²) < 4.78 is 7.54. The molecule has 0 radical (unpaired) electrons. The van der Waals surface area contributed by atoms with Crippen molar-refractivity contribution in [3.8, 4) is 11.5 Å². The number of para-hydroxylation sites is 1. The zero-order valence-corrected chi connectivity index (χ0v) is 12.9. The van der Waals surface area contributed by atoms with Crippen molar-refractivity contribution in [2.24, 2.45) is 5.10 Å². The van der Waals surface area contributed by atoms with Gasteiger partial charge in [-0.3, -0.25) is 0 Å². The number of aromatic nitrogens is 3. The van der Waals surface area contributed by atoms with E-state index >= 15 is 0 Å². The molecule has 116 valence electrons. The molecule has 0 spiro atoms. The highest BCUT2D eigenvalue weighted by Crippen LogP contribution is 2.11. The molecule has 0 aliphatic rings. The maximum absolute atomic E-state index is 9.28. The average Bonchev–Trinajstić information content (AvgIpc) is 2.93. The first kappa shape index (κ1) is 15.0. The summed E-state index contributed by atoms with van der Waals surface area (Å²) in [6.07, 6.45) is 1.64. The second-order valence-corrected chi connectivity index (χ2v) is 5.08. The van der Waals surface area contributed by atoms with E-state index in [-0.39, 0.29) is 12.4 Å². The number of hydrogen-bond donors (Lipinski definition) is 2. The Hall–Kier alpha value is -2.93. The summed E-state index contributed by atoms with van der Waals surface area (Å²) in [4.78, 5) is 0. The summed E-state index contributed by atoms with van der Waals surface area (Å²) in [5.74, 6) is 1.52. The van der Waals surface area contributed by atoms with Gasteiger partial charge in [0.1, 0.15) is 18.1 Å². The van der Waals surface area contributed by atoms with Crippen LogP contribution in [0.15, 0.2) is 59.7 Å². The number of phenols is 1. The van der Waals surface area contributed by atoms with Crippen molar-refractivity contribution in [1.29, 1.82) is 0 Å². The molecule has 2 aromatic carbocycles. The molecule has 1 heterocycles. The predicted molar refractivity (Wildman–Crippen MR) is 89.3 cm³/mol. The molecule has 0 bridgehead atoms. The number of phenolic OH excluding ortho intramolecular Hbond substituents is 1. The molecule has 0 saturated carbocycles. The first-order chi connectivity index (χ1) is 11.2. The molecule has 0 amide bonds. The molecule has 1 aromatic heterocycles. The lowest BCUT2D eigenvalue weighted by Crippen LogP contribution is -2.04. The summed E-state index contributed by atoms with van der Waals surface area (Å²) in [5.41, 5.74) is 0.834. The van der Waals surface area contributed by atoms with Crippen molar-refractivity contribution in [2.45, 2.75) is 6.61 Å². The number of rotatable bonds is 5. The Morgan fingerprint density at radius 3 is 2.65 bits per heavy atom. The fourth-order valence-electron chi connectivity index (χ4n) is 1.89. The molecule has 2 N–H and O–H groups in total. The topological polar surface area (TPSA) is 75.4 Å². The summed E-state index contributed by atoms with van der Waals surface area (Å²) >= 11 is 5.18. The van der Waals surface area contributed by atoms with Crippen LogP contribution in [0.2, 0.25) is 0 Å². The standard InChI is InChI=1S/C16H14N4O2S/c21-13-8-6-12(7-9-13)10-17-20-15(18-19-16(20)23)11-22-14-4-2-1-3-5-14/h1-10,21H,11H2,(H,19,23)/b17-10-. The van der Waals surface area contributed by atoms with Gasteiger partial charge < -0.3 is 9.84 Å². The molecule has 3 rings (SSSR count). The van der Waals surface area contributed by atoms with E-state index in [1.54, 1.807) is 30.5 Å². The van der Waals surface area contributed by atoms with E-state index in [1.807, 2.05) is 30.3 Å². The van der Waals surface area contributed by atoms with Crippen LogP contribution in [-0.4, -0.2) is 26.2 Å². The van der Waals surface area contributed by atoms with Gasteiger partial charge in [0.15, 0.2) is 5.82 Å². The SMILES string of the molecule is Oc1ccc(/C=N\n2c(COc3ccccc3)n[nH]c2=S)cc1. The maximum atomic E-state index is 9.28. The highest BCUT2D eigenvalue weighted by Gasteiger charge is 2.06. The number of benzene rings is 2. The number of hydrogen-bond acceptors (Lipinski definition) is 5. The van der Waals surface area contributed by atoms with Gasteiger partial charge in [0.2, 0.25) is 4.77 Å². The van der Waals surface area contributed by atoms with Crippen LogP contribution < -0.4 is 4.74 Å². The van der Waals surface area contributed by atoms with Crippen LogP contribution in [0.1, 0.15) is 11.4 Å². The monoisotopic (exact) mass is 326 g/mol. The second kappa shape index (κ2) is 6.89. The van der Waals surface area contributed by atoms with Crippen molar-refractivity contribution < 1.29 is 9.84 Å². The van der Waals surface area contributed by atoms with E-state index in [9.17, 15) is 5.11 Å². The van der Waals surface area contributed by atoms with Crippen molar-refractivity contribution in [3.05, 3.63) is 70.8 Å². The normalized spacial score (nSPS) is 11.0. The van der Waals surface area contributed by atoms with Crippen LogP contribution in [0.4, 0.5) is 0 Å². The Bertz CT molecular complexity index is 854. The molecule has 23 heavy (non-hydrogen) atoms. The lowest BCUT2D eigenvalue weighted by molar-refractivity contribution is 0.290. The van der Waals surface area contributed by atoms with Crippen molar-refractivity contribution in [1.82, 2.24) is 14.9 Å². The van der Waals surface area contributed by atoms with Crippen LogP contribution >= 0.6 is 12.2 Å². The lowest BCUT2D eigenvalue weighted by Gasteiger charge is -2.04. The molecule has 7 heteroatoms. The molecule has 0 fully saturated rings. The first-order valence-electron chi connectivity index (χ1n) is 6.90. The van der Waals surface area contributed by atoms with Gasteiger partial charge >= 0.3 is 0 Å². The Balaban J connectivity index is 1.76. The summed E-state index contributed by atoms with van der Waals surface area (Å²) in [6.45, 7) is 0.240. The van der Waals surface area contributed by atoms with Crippen molar-refractivity contribution in [3.63, 3.8) is 0 Å². The van der Waals surface area contributed by atoms with E-state index in [2.05, 4.69) is 15.3 Å². The summed E-state index contributed by atoms with van der Waals surface area (Å²) in [7, 11) is 0. The van der Waals surface area contributed by atoms with E-state index < -0.39 is 0 Å². The van der Waals surface area contributed by atoms with Gasteiger partial charge in [-0.25, -0.2) is 5.10 Å². The summed E-state index contributed by atoms with van der Waals surface area (Å²) in [5, 5.41) is 20.4. The van der Waals surface area contributed by atoms with Crippen LogP contribution in [0.25, 0.3) is 0 Å². The number of nitrogens with one attached hydrogen (secondary N) is 1. The quantitative estimate of drug-likeness (QED) is 0.558. The fourth-order valence-corrected chi connectivity index (χ4v) is 2.08. The zero-order chi connectivity index (χ0) is 16.1. The Kier molecular flexibility index (Phi) is 4.49. The van der Waals surface area contributed by atoms with E-state index in [4.69, 9.17) is 17.0 Å². The number of aromatic hydroxyl groups is 1. The minimum Gasteiger partial charge on any atom is -0.508 e. The fraction of sp³-hybridized carbons (Fsp3) is 0.0625. The van der Waals surface area contributed by atoms with Gasteiger partial charge in [0, 0.05) is 0 Å². The van der Waals surface area contributed by atoms with Gasteiger partial charge in [-0.05, 0) is 54.2 Å². The third kappa shape index (κ3) is 3.83. The van der Waals surface area contributed by atoms with Gasteiger partial charge in [-0.2, -0.15) is 14.9 Å². The molecule has 0 atom stereocenters. The van der Waals surface area contributed by atoms with Gasteiger partial charge in [0.25, 0.3) is 0 Å². The van der Waals surface area contributed by atoms with Crippen molar-refractivity contribution >= 4 is 18.4 Å². The highest BCUT2D eigenvalue weighted by molar-refractivity contribution is 7.71. The predicted octanol–water partition coefficient (Wildman–Crippen LogP) is 3.11. The van der Waals surface area contributed by atoms with Crippen LogP contribution in [0.3, 0.4) is 0 Å². The Morgan fingerprint density at radius 1 is 1.17 bits per heavy atom. The van der Waals surface area contributed by atoms with E-state index in [0.29, 0.717) is 10.6 Å². The largest absolute Gasteiger partial charge is 0.508 e. The third-order valence-corrected chi connectivity index (χ3v) is 3.31. The molecule has 0 aliphatic heterocycles. The minimum atomic E-state index is 0.207. The minimum absolute atomic E-state index is 0.207. The average molecular weight is 326 g/mol. The smallest absolute Gasteiger partial charge is 0.216 e. The molecule has 0 aliphatic carbocycles. The van der Waals surface area contributed by atoms with Gasteiger partial charge in [-0.15, -0.1) is 0 Å². The molecular weight excluding hydrogens is 312 g/mol. The Morgan fingerprint density at radius 2 is 1.91 bits per heavy atom. The number of ether oxygens (including phenoxy) is 1. The molecular formula is C16H14N4O2S. The molecule has 0 saturated heterocycles. The maximum Gasteiger partial charge on any atom is 0.216 e.